The number of urea groups is 1. The van der Waals surface area contributed by atoms with Crippen LogP contribution in [-0.4, -0.2) is 60.5 Å². The predicted molar refractivity (Wildman–Crippen MR) is 99.6 cm³/mol. The molecule has 25 heavy (non-hydrogen) atoms. The van der Waals surface area contributed by atoms with Gasteiger partial charge in [-0.1, -0.05) is 23.7 Å². The van der Waals surface area contributed by atoms with Crippen LogP contribution in [0.2, 0.25) is 5.02 Å². The first-order chi connectivity index (χ1) is 12.0. The minimum atomic E-state index is -0.432. The summed E-state index contributed by atoms with van der Waals surface area (Å²) in [4.78, 5) is 28.2. The third-order valence-corrected chi connectivity index (χ3v) is 4.70. The van der Waals surface area contributed by atoms with Gasteiger partial charge in [-0.25, -0.2) is 4.79 Å². The molecule has 1 heterocycles. The van der Waals surface area contributed by atoms with Crippen LogP contribution < -0.4 is 10.6 Å². The third kappa shape index (κ3) is 6.30. The second kappa shape index (κ2) is 9.75. The highest BCUT2D eigenvalue weighted by atomic mass is 35.5. The molecule has 0 radical (unpaired) electrons. The maximum absolute atomic E-state index is 12.2. The van der Waals surface area contributed by atoms with Gasteiger partial charge in [-0.15, -0.1) is 0 Å². The smallest absolute Gasteiger partial charge is 0.321 e. The molecule has 0 spiro atoms. The van der Waals surface area contributed by atoms with Gasteiger partial charge in [-0.05, 0) is 44.5 Å². The zero-order valence-electron chi connectivity index (χ0n) is 14.9. The number of nitrogens with one attached hydrogen (secondary N) is 2. The van der Waals surface area contributed by atoms with Crippen molar-refractivity contribution < 1.29 is 9.59 Å². The summed E-state index contributed by atoms with van der Waals surface area (Å²) in [5, 5.41) is 5.72. The van der Waals surface area contributed by atoms with Crippen molar-refractivity contribution in [3.05, 3.63) is 34.9 Å². The van der Waals surface area contributed by atoms with Gasteiger partial charge in [0, 0.05) is 37.7 Å². The van der Waals surface area contributed by atoms with Crippen molar-refractivity contribution in [1.82, 2.24) is 20.4 Å². The van der Waals surface area contributed by atoms with Gasteiger partial charge < -0.3 is 5.32 Å². The first kappa shape index (κ1) is 19.7. The summed E-state index contributed by atoms with van der Waals surface area (Å²) in [5.41, 5.74) is 1.24. The molecule has 1 aliphatic rings. The molecule has 6 nitrogen and oxygen atoms in total. The second-order valence-electron chi connectivity index (χ2n) is 6.32. The molecular weight excluding hydrogens is 340 g/mol. The molecule has 1 aromatic rings. The van der Waals surface area contributed by atoms with Crippen LogP contribution in [0.25, 0.3) is 0 Å². The van der Waals surface area contributed by atoms with E-state index in [1.165, 1.54) is 5.56 Å². The molecule has 0 aromatic heterocycles. The summed E-state index contributed by atoms with van der Waals surface area (Å²) in [6, 6.07) is 7.17. The molecule has 1 unspecified atom stereocenters. The average Bonchev–Trinajstić information content (AvgIpc) is 2.82. The number of hydrogen-bond acceptors (Lipinski definition) is 4. The Morgan fingerprint density at radius 2 is 1.88 bits per heavy atom. The Labute approximate surface area is 154 Å². The Balaban J connectivity index is 1.84. The quantitative estimate of drug-likeness (QED) is 0.837. The van der Waals surface area contributed by atoms with Crippen molar-refractivity contribution in [2.24, 2.45) is 0 Å². The van der Waals surface area contributed by atoms with Crippen molar-refractivity contribution in [1.29, 1.82) is 0 Å². The summed E-state index contributed by atoms with van der Waals surface area (Å²) < 4.78 is 0. The zero-order chi connectivity index (χ0) is 18.2. The number of benzene rings is 1. The van der Waals surface area contributed by atoms with Crippen LogP contribution in [0.3, 0.4) is 0 Å². The van der Waals surface area contributed by atoms with Gasteiger partial charge in [0.1, 0.15) is 0 Å². The van der Waals surface area contributed by atoms with Gasteiger partial charge in [-0.2, -0.15) is 0 Å². The van der Waals surface area contributed by atoms with Crippen LogP contribution in [0, 0.1) is 0 Å². The number of imide groups is 1. The van der Waals surface area contributed by atoms with Crippen LogP contribution in [0.4, 0.5) is 4.79 Å². The van der Waals surface area contributed by atoms with E-state index in [2.05, 4.69) is 20.4 Å². The molecule has 0 saturated carbocycles. The standard InChI is InChI=1S/C18H27ClN4O2/c1-3-20-18(25)21-17(24)14(2)23-10-4-9-22(11-12-23)13-15-5-7-16(19)8-6-15/h5-8,14H,3-4,9-13H2,1-2H3,(H2,20,21,24,25). The van der Waals surface area contributed by atoms with E-state index in [1.54, 1.807) is 0 Å². The van der Waals surface area contributed by atoms with Crippen molar-refractivity contribution in [2.45, 2.75) is 32.9 Å². The highest BCUT2D eigenvalue weighted by Crippen LogP contribution is 2.14. The molecule has 1 aromatic carbocycles. The summed E-state index contributed by atoms with van der Waals surface area (Å²) in [7, 11) is 0. The molecule has 0 bridgehead atoms. The number of nitrogens with zero attached hydrogens (tertiary/aromatic N) is 2. The van der Waals surface area contributed by atoms with Crippen LogP contribution in [0.5, 0.6) is 0 Å². The van der Waals surface area contributed by atoms with E-state index in [-0.39, 0.29) is 11.9 Å². The maximum atomic E-state index is 12.2. The topological polar surface area (TPSA) is 64.7 Å². The minimum Gasteiger partial charge on any atom is -0.338 e. The van der Waals surface area contributed by atoms with Crippen LogP contribution in [0.15, 0.2) is 24.3 Å². The van der Waals surface area contributed by atoms with Crippen molar-refractivity contribution >= 4 is 23.5 Å². The molecule has 1 fully saturated rings. The molecule has 2 rings (SSSR count). The van der Waals surface area contributed by atoms with Gasteiger partial charge in [0.2, 0.25) is 5.91 Å². The van der Waals surface area contributed by atoms with E-state index in [0.717, 1.165) is 44.2 Å². The van der Waals surface area contributed by atoms with Gasteiger partial charge in [0.25, 0.3) is 0 Å². The molecule has 1 saturated heterocycles. The van der Waals surface area contributed by atoms with Crippen molar-refractivity contribution in [2.75, 3.05) is 32.7 Å². The minimum absolute atomic E-state index is 0.253. The highest BCUT2D eigenvalue weighted by Gasteiger charge is 2.25. The molecule has 3 amide bonds. The average molecular weight is 367 g/mol. The normalized spacial score (nSPS) is 17.6. The number of rotatable bonds is 5. The number of amides is 3. The molecule has 1 atom stereocenters. The lowest BCUT2D eigenvalue weighted by Crippen LogP contribution is -2.50. The number of carbonyl (C=O) groups is 2. The van der Waals surface area contributed by atoms with Crippen LogP contribution in [-0.2, 0) is 11.3 Å². The van der Waals surface area contributed by atoms with Gasteiger partial charge in [0.15, 0.2) is 0 Å². The number of halogens is 1. The predicted octanol–water partition coefficient (Wildman–Crippen LogP) is 2.08. The fourth-order valence-electron chi connectivity index (χ4n) is 2.97. The van der Waals surface area contributed by atoms with E-state index < -0.39 is 6.03 Å². The second-order valence-corrected chi connectivity index (χ2v) is 6.75. The fraction of sp³-hybridized carbons (Fsp3) is 0.556. The lowest BCUT2D eigenvalue weighted by Gasteiger charge is -2.26. The van der Waals surface area contributed by atoms with E-state index in [0.29, 0.717) is 6.54 Å². The molecule has 7 heteroatoms. The van der Waals surface area contributed by atoms with Gasteiger partial charge >= 0.3 is 6.03 Å². The van der Waals surface area contributed by atoms with E-state index in [1.807, 2.05) is 38.1 Å². The summed E-state index contributed by atoms with van der Waals surface area (Å²) in [5.74, 6) is -0.253. The van der Waals surface area contributed by atoms with Crippen LogP contribution in [0.1, 0.15) is 25.8 Å². The molecule has 0 aliphatic carbocycles. The van der Waals surface area contributed by atoms with Gasteiger partial charge in [-0.3, -0.25) is 19.9 Å². The molecular formula is C18H27ClN4O2. The third-order valence-electron chi connectivity index (χ3n) is 4.44. The fourth-order valence-corrected chi connectivity index (χ4v) is 3.10. The summed E-state index contributed by atoms with van der Waals surface area (Å²) >= 11 is 5.93. The Hall–Kier alpha value is -1.63. The largest absolute Gasteiger partial charge is 0.338 e. The highest BCUT2D eigenvalue weighted by molar-refractivity contribution is 6.30. The first-order valence-electron chi connectivity index (χ1n) is 8.79. The van der Waals surface area contributed by atoms with E-state index in [4.69, 9.17) is 11.6 Å². The number of carbonyl (C=O) groups excluding carboxylic acids is 2. The Morgan fingerprint density at radius 1 is 1.16 bits per heavy atom. The maximum Gasteiger partial charge on any atom is 0.321 e. The van der Waals surface area contributed by atoms with Gasteiger partial charge in [0.05, 0.1) is 6.04 Å². The number of hydrogen-bond donors (Lipinski definition) is 2. The monoisotopic (exact) mass is 366 g/mol. The Kier molecular flexibility index (Phi) is 7.68. The summed E-state index contributed by atoms with van der Waals surface area (Å²) in [6.07, 6.45) is 0.992. The van der Waals surface area contributed by atoms with E-state index >= 15 is 0 Å². The lowest BCUT2D eigenvalue weighted by atomic mass is 10.2. The SMILES string of the molecule is CCNC(=O)NC(=O)C(C)N1CCCN(Cc2ccc(Cl)cc2)CC1. The lowest BCUT2D eigenvalue weighted by molar-refractivity contribution is -0.124. The molecule has 138 valence electrons. The van der Waals surface area contributed by atoms with Crippen LogP contribution >= 0.6 is 11.6 Å². The molecule has 2 N–H and O–H groups in total. The van der Waals surface area contributed by atoms with Crippen molar-refractivity contribution in [3.8, 4) is 0 Å². The molecule has 1 aliphatic heterocycles. The van der Waals surface area contributed by atoms with E-state index in [9.17, 15) is 9.59 Å². The van der Waals surface area contributed by atoms with Crippen molar-refractivity contribution in [3.63, 3.8) is 0 Å². The Morgan fingerprint density at radius 3 is 2.56 bits per heavy atom. The Bertz CT molecular complexity index is 579. The first-order valence-corrected chi connectivity index (χ1v) is 9.17. The summed E-state index contributed by atoms with van der Waals surface area (Å²) in [6.45, 7) is 8.58. The zero-order valence-corrected chi connectivity index (χ0v) is 15.7.